The molecule has 3 amide bonds. The van der Waals surface area contributed by atoms with E-state index >= 15 is 0 Å². The molecule has 0 saturated carbocycles. The lowest BCUT2D eigenvalue weighted by Crippen LogP contribution is -2.53. The van der Waals surface area contributed by atoms with Gasteiger partial charge in [-0.25, -0.2) is 0 Å². The number of benzene rings is 3. The van der Waals surface area contributed by atoms with Crippen molar-refractivity contribution in [1.82, 2.24) is 10.2 Å². The summed E-state index contributed by atoms with van der Waals surface area (Å²) in [5.74, 6) is -0.940. The van der Waals surface area contributed by atoms with Crippen LogP contribution in [0.4, 0.5) is 5.69 Å². The maximum Gasteiger partial charge on any atom is 0.246 e. The molecule has 0 radical (unpaired) electrons. The number of carbonyl (C=O) groups excluding carboxylic acids is 3. The van der Waals surface area contributed by atoms with Crippen molar-refractivity contribution < 1.29 is 19.5 Å². The number of anilines is 1. The summed E-state index contributed by atoms with van der Waals surface area (Å²) in [4.78, 5) is 40.9. The van der Waals surface area contributed by atoms with Crippen molar-refractivity contribution in [1.29, 1.82) is 0 Å². The number of phenolic OH excluding ortho intramolecular Hbond substituents is 1. The van der Waals surface area contributed by atoms with E-state index in [1.54, 1.807) is 24.3 Å². The van der Waals surface area contributed by atoms with E-state index in [4.69, 9.17) is 5.73 Å². The van der Waals surface area contributed by atoms with Crippen LogP contribution in [0.25, 0.3) is 0 Å². The second-order valence-electron chi connectivity index (χ2n) is 9.51. The molecule has 0 spiro atoms. The number of fused-ring (bicyclic) bond motifs is 1. The van der Waals surface area contributed by atoms with Gasteiger partial charge in [0.1, 0.15) is 18.3 Å². The molecule has 192 valence electrons. The van der Waals surface area contributed by atoms with E-state index in [1.807, 2.05) is 56.3 Å². The minimum Gasteiger partial charge on any atom is -0.508 e. The number of hydrogen-bond acceptors (Lipinski definition) is 5. The molecule has 2 unspecified atom stereocenters. The fourth-order valence-electron chi connectivity index (χ4n) is 4.75. The average molecular weight is 501 g/mol. The summed E-state index contributed by atoms with van der Waals surface area (Å²) >= 11 is 0. The summed E-state index contributed by atoms with van der Waals surface area (Å²) in [6.45, 7) is 3.83. The highest BCUT2D eigenvalue weighted by Crippen LogP contribution is 2.23. The lowest BCUT2D eigenvalue weighted by Gasteiger charge is -2.25. The zero-order valence-corrected chi connectivity index (χ0v) is 21.0. The Balaban J connectivity index is 1.49. The van der Waals surface area contributed by atoms with Crippen molar-refractivity contribution in [2.24, 2.45) is 5.73 Å². The second kappa shape index (κ2) is 11.3. The van der Waals surface area contributed by atoms with Crippen LogP contribution < -0.4 is 16.4 Å². The molecule has 0 bridgehead atoms. The summed E-state index contributed by atoms with van der Waals surface area (Å²) < 4.78 is 0. The molecule has 3 aromatic carbocycles. The van der Waals surface area contributed by atoms with Crippen molar-refractivity contribution in [2.45, 2.75) is 45.3 Å². The number of aromatic hydroxyl groups is 1. The molecule has 3 aromatic rings. The fourth-order valence-corrected chi connectivity index (χ4v) is 4.75. The third-order valence-electron chi connectivity index (χ3n) is 6.66. The third kappa shape index (κ3) is 6.34. The summed E-state index contributed by atoms with van der Waals surface area (Å²) in [6.07, 6.45) is 0.575. The van der Waals surface area contributed by atoms with Crippen LogP contribution in [0.5, 0.6) is 5.75 Å². The Morgan fingerprint density at radius 1 is 1.03 bits per heavy atom. The highest BCUT2D eigenvalue weighted by Gasteiger charge is 2.33. The smallest absolute Gasteiger partial charge is 0.246 e. The number of amides is 3. The van der Waals surface area contributed by atoms with E-state index < -0.39 is 18.0 Å². The molecular weight excluding hydrogens is 468 g/mol. The Bertz CT molecular complexity index is 1290. The van der Waals surface area contributed by atoms with Crippen molar-refractivity contribution in [3.05, 3.63) is 94.5 Å². The predicted molar refractivity (Wildman–Crippen MR) is 142 cm³/mol. The van der Waals surface area contributed by atoms with Gasteiger partial charge in [-0.05, 0) is 72.4 Å². The summed E-state index contributed by atoms with van der Waals surface area (Å²) in [7, 11) is 0. The van der Waals surface area contributed by atoms with Crippen LogP contribution >= 0.6 is 0 Å². The molecule has 5 N–H and O–H groups in total. The molecule has 1 aliphatic heterocycles. The van der Waals surface area contributed by atoms with Gasteiger partial charge in [0.05, 0.1) is 6.04 Å². The molecule has 0 fully saturated rings. The predicted octanol–water partition coefficient (Wildman–Crippen LogP) is 2.59. The minimum absolute atomic E-state index is 0.146. The number of carbonyl (C=O) groups is 3. The van der Waals surface area contributed by atoms with E-state index in [-0.39, 0.29) is 37.1 Å². The van der Waals surface area contributed by atoms with Gasteiger partial charge in [0, 0.05) is 18.7 Å². The molecule has 1 heterocycles. The van der Waals surface area contributed by atoms with E-state index in [1.165, 1.54) is 4.90 Å². The highest BCUT2D eigenvalue weighted by atomic mass is 16.3. The van der Waals surface area contributed by atoms with E-state index in [0.29, 0.717) is 12.1 Å². The monoisotopic (exact) mass is 500 g/mol. The first-order valence-electron chi connectivity index (χ1n) is 12.3. The Morgan fingerprint density at radius 2 is 1.65 bits per heavy atom. The molecule has 1 aliphatic rings. The van der Waals surface area contributed by atoms with Crippen LogP contribution in [0.3, 0.4) is 0 Å². The van der Waals surface area contributed by atoms with Gasteiger partial charge in [-0.2, -0.15) is 0 Å². The zero-order chi connectivity index (χ0) is 26.5. The molecule has 37 heavy (non-hydrogen) atoms. The maximum atomic E-state index is 13.5. The summed E-state index contributed by atoms with van der Waals surface area (Å²) in [5, 5.41) is 15.5. The van der Waals surface area contributed by atoms with Crippen LogP contribution in [0.1, 0.15) is 27.8 Å². The van der Waals surface area contributed by atoms with E-state index in [2.05, 4.69) is 10.6 Å². The quantitative estimate of drug-likeness (QED) is 0.397. The Morgan fingerprint density at radius 3 is 2.32 bits per heavy atom. The van der Waals surface area contributed by atoms with E-state index in [9.17, 15) is 19.5 Å². The molecule has 2 atom stereocenters. The number of phenols is 1. The van der Waals surface area contributed by atoms with Gasteiger partial charge in [0.2, 0.25) is 17.7 Å². The van der Waals surface area contributed by atoms with Crippen LogP contribution in [0, 0.1) is 13.8 Å². The molecule has 4 rings (SSSR count). The van der Waals surface area contributed by atoms with Gasteiger partial charge in [-0.3, -0.25) is 14.4 Å². The number of nitrogens with two attached hydrogens (primary N) is 1. The van der Waals surface area contributed by atoms with Gasteiger partial charge >= 0.3 is 0 Å². The van der Waals surface area contributed by atoms with Crippen molar-refractivity contribution >= 4 is 23.4 Å². The van der Waals surface area contributed by atoms with Crippen molar-refractivity contribution in [2.75, 3.05) is 11.9 Å². The molecule has 0 aromatic heterocycles. The van der Waals surface area contributed by atoms with Gasteiger partial charge in [0.25, 0.3) is 0 Å². The number of hydrogen-bond donors (Lipinski definition) is 4. The number of aryl methyl sites for hydroxylation is 2. The third-order valence-corrected chi connectivity index (χ3v) is 6.66. The van der Waals surface area contributed by atoms with Crippen molar-refractivity contribution in [3.63, 3.8) is 0 Å². The van der Waals surface area contributed by atoms with Gasteiger partial charge in [-0.1, -0.05) is 42.5 Å². The molecule has 8 heteroatoms. The summed E-state index contributed by atoms with van der Waals surface area (Å²) in [6, 6.07) is 18.2. The van der Waals surface area contributed by atoms with E-state index in [0.717, 1.165) is 27.8 Å². The second-order valence-corrected chi connectivity index (χ2v) is 9.51. The van der Waals surface area contributed by atoms with Gasteiger partial charge in [0.15, 0.2) is 0 Å². The first kappa shape index (κ1) is 25.9. The Hall–Kier alpha value is -4.17. The van der Waals surface area contributed by atoms with Gasteiger partial charge in [-0.15, -0.1) is 0 Å². The fraction of sp³-hybridized carbons (Fsp3) is 0.276. The first-order chi connectivity index (χ1) is 17.7. The highest BCUT2D eigenvalue weighted by molar-refractivity contribution is 5.96. The van der Waals surface area contributed by atoms with Crippen molar-refractivity contribution in [3.8, 4) is 5.75 Å². The number of para-hydroxylation sites is 1. The number of nitrogens with zero attached hydrogens (tertiary/aromatic N) is 1. The average Bonchev–Trinajstić information content (AvgIpc) is 2.98. The molecule has 8 nitrogen and oxygen atoms in total. The van der Waals surface area contributed by atoms with Crippen LogP contribution in [0.2, 0.25) is 0 Å². The van der Waals surface area contributed by atoms with Crippen LogP contribution in [0.15, 0.2) is 66.7 Å². The topological polar surface area (TPSA) is 125 Å². The Kier molecular flexibility index (Phi) is 7.89. The van der Waals surface area contributed by atoms with Gasteiger partial charge < -0.3 is 26.4 Å². The summed E-state index contributed by atoms with van der Waals surface area (Å²) in [5.41, 5.74) is 11.3. The normalized spacial score (nSPS) is 15.9. The largest absolute Gasteiger partial charge is 0.508 e. The zero-order valence-electron chi connectivity index (χ0n) is 21.0. The van der Waals surface area contributed by atoms with Crippen LogP contribution in [-0.4, -0.2) is 46.4 Å². The number of rotatable bonds is 7. The lowest BCUT2D eigenvalue weighted by molar-refractivity contribution is -0.139. The maximum absolute atomic E-state index is 13.5. The lowest BCUT2D eigenvalue weighted by atomic mass is 9.95. The SMILES string of the molecule is Cc1cc(O)cc(C)c1CC(N)C(=O)NC1Cc2ccccc2CN(CC(=O)Nc2ccccc2)C1=O. The standard InChI is InChI=1S/C29H32N4O4/c1-18-12-23(34)13-19(2)24(18)15-25(30)28(36)32-26-14-20-8-6-7-9-21(20)16-33(29(26)37)17-27(35)31-22-10-4-3-5-11-22/h3-13,25-26,34H,14-17,30H2,1-2H3,(H,31,35)(H,32,36). The molecule has 0 aliphatic carbocycles. The van der Waals surface area contributed by atoms with Crippen LogP contribution in [-0.2, 0) is 33.8 Å². The Labute approximate surface area is 216 Å². The minimum atomic E-state index is -0.886. The molecular formula is C29H32N4O4. The number of nitrogens with one attached hydrogen (secondary N) is 2. The molecule has 0 saturated heterocycles. The first-order valence-corrected chi connectivity index (χ1v) is 12.3.